The maximum Gasteiger partial charge on any atom is 0.419 e. The van der Waals surface area contributed by atoms with E-state index in [1.807, 2.05) is 0 Å². The Morgan fingerprint density at radius 3 is 2.62 bits per heavy atom. The standard InChI is InChI=1S/C14H9F3N2OS/c15-14(16,17)9-3-1-2-4-11(9)20-13-19-10-6-5-8(18)7-12(10)21-13/h1-7H,18H2. The molecule has 3 rings (SSSR count). The Morgan fingerprint density at radius 1 is 1.10 bits per heavy atom. The summed E-state index contributed by atoms with van der Waals surface area (Å²) in [7, 11) is 0. The third kappa shape index (κ3) is 2.78. The van der Waals surface area contributed by atoms with Gasteiger partial charge in [0, 0.05) is 5.69 Å². The van der Waals surface area contributed by atoms with Crippen LogP contribution in [-0.4, -0.2) is 4.98 Å². The quantitative estimate of drug-likeness (QED) is 0.699. The third-order valence-corrected chi connectivity index (χ3v) is 3.68. The number of ether oxygens (including phenoxy) is 1. The van der Waals surface area contributed by atoms with E-state index in [4.69, 9.17) is 10.5 Å². The van der Waals surface area contributed by atoms with E-state index >= 15 is 0 Å². The van der Waals surface area contributed by atoms with Crippen LogP contribution in [0, 0.1) is 0 Å². The number of nitrogen functional groups attached to an aromatic ring is 1. The van der Waals surface area contributed by atoms with Crippen molar-refractivity contribution in [2.24, 2.45) is 0 Å². The average Bonchev–Trinajstić information content (AvgIpc) is 2.79. The highest BCUT2D eigenvalue weighted by molar-refractivity contribution is 7.20. The molecule has 0 atom stereocenters. The van der Waals surface area contributed by atoms with Crippen molar-refractivity contribution < 1.29 is 17.9 Å². The van der Waals surface area contributed by atoms with E-state index in [1.54, 1.807) is 18.2 Å². The van der Waals surface area contributed by atoms with Gasteiger partial charge in [0.05, 0.1) is 15.8 Å². The number of aromatic nitrogens is 1. The fourth-order valence-electron chi connectivity index (χ4n) is 1.85. The molecule has 2 aromatic carbocycles. The van der Waals surface area contributed by atoms with Crippen molar-refractivity contribution in [3.05, 3.63) is 48.0 Å². The van der Waals surface area contributed by atoms with Crippen molar-refractivity contribution in [3.8, 4) is 10.9 Å². The highest BCUT2D eigenvalue weighted by atomic mass is 32.1. The van der Waals surface area contributed by atoms with Crippen LogP contribution in [0.25, 0.3) is 10.2 Å². The Kier molecular flexibility index (Phi) is 3.21. The lowest BCUT2D eigenvalue weighted by Gasteiger charge is -2.11. The zero-order valence-corrected chi connectivity index (χ0v) is 11.3. The first-order chi connectivity index (χ1) is 9.93. The van der Waals surface area contributed by atoms with Gasteiger partial charge in [-0.1, -0.05) is 23.5 Å². The van der Waals surface area contributed by atoms with Crippen LogP contribution in [0.3, 0.4) is 0 Å². The van der Waals surface area contributed by atoms with Crippen molar-refractivity contribution in [1.82, 2.24) is 4.98 Å². The van der Waals surface area contributed by atoms with E-state index in [0.717, 1.165) is 22.1 Å². The number of para-hydroxylation sites is 1. The summed E-state index contributed by atoms with van der Waals surface area (Å²) in [6.45, 7) is 0. The van der Waals surface area contributed by atoms with Gasteiger partial charge >= 0.3 is 6.18 Å². The normalized spacial score (nSPS) is 11.8. The number of anilines is 1. The van der Waals surface area contributed by atoms with Crippen LogP contribution in [0.4, 0.5) is 18.9 Å². The molecule has 1 heterocycles. The molecule has 0 aliphatic rings. The first-order valence-electron chi connectivity index (χ1n) is 5.93. The van der Waals surface area contributed by atoms with Crippen LogP contribution in [0.15, 0.2) is 42.5 Å². The number of hydrogen-bond acceptors (Lipinski definition) is 4. The number of rotatable bonds is 2. The number of nitrogens with zero attached hydrogens (tertiary/aromatic N) is 1. The number of fused-ring (bicyclic) bond motifs is 1. The van der Waals surface area contributed by atoms with E-state index in [-0.39, 0.29) is 10.9 Å². The molecule has 0 amide bonds. The Morgan fingerprint density at radius 2 is 1.86 bits per heavy atom. The smallest absolute Gasteiger partial charge is 0.419 e. The van der Waals surface area contributed by atoms with Crippen LogP contribution in [0.1, 0.15) is 5.56 Å². The lowest BCUT2D eigenvalue weighted by atomic mass is 10.2. The second kappa shape index (κ2) is 4.92. The Hall–Kier alpha value is -2.28. The molecule has 0 unspecified atom stereocenters. The number of nitrogens with two attached hydrogens (primary N) is 1. The zero-order chi connectivity index (χ0) is 15.0. The monoisotopic (exact) mass is 310 g/mol. The fraction of sp³-hybridized carbons (Fsp3) is 0.0714. The molecule has 108 valence electrons. The minimum absolute atomic E-state index is 0.146. The summed E-state index contributed by atoms with van der Waals surface area (Å²) in [5, 5.41) is 0.146. The molecule has 21 heavy (non-hydrogen) atoms. The first kappa shape index (κ1) is 13.7. The molecule has 0 bridgehead atoms. The molecule has 3 aromatic rings. The number of hydrogen-bond donors (Lipinski definition) is 1. The lowest BCUT2D eigenvalue weighted by molar-refractivity contribution is -0.138. The molecule has 0 fully saturated rings. The highest BCUT2D eigenvalue weighted by Gasteiger charge is 2.34. The first-order valence-corrected chi connectivity index (χ1v) is 6.75. The summed E-state index contributed by atoms with van der Waals surface area (Å²) in [6, 6.07) is 10.1. The van der Waals surface area contributed by atoms with Crippen molar-refractivity contribution in [3.63, 3.8) is 0 Å². The fourth-order valence-corrected chi connectivity index (χ4v) is 2.72. The van der Waals surface area contributed by atoms with Crippen LogP contribution >= 0.6 is 11.3 Å². The topological polar surface area (TPSA) is 48.1 Å². The van der Waals surface area contributed by atoms with Gasteiger partial charge in [-0.25, -0.2) is 4.98 Å². The van der Waals surface area contributed by atoms with Gasteiger partial charge in [-0.15, -0.1) is 0 Å². The summed E-state index contributed by atoms with van der Waals surface area (Å²) < 4.78 is 44.8. The lowest BCUT2D eigenvalue weighted by Crippen LogP contribution is -2.06. The van der Waals surface area contributed by atoms with Crippen molar-refractivity contribution in [2.45, 2.75) is 6.18 Å². The second-order valence-electron chi connectivity index (χ2n) is 4.30. The summed E-state index contributed by atoms with van der Waals surface area (Å²) >= 11 is 1.14. The molecule has 0 spiro atoms. The van der Waals surface area contributed by atoms with Crippen LogP contribution < -0.4 is 10.5 Å². The van der Waals surface area contributed by atoms with E-state index in [9.17, 15) is 13.2 Å². The molecule has 0 radical (unpaired) electrons. The van der Waals surface area contributed by atoms with E-state index in [2.05, 4.69) is 4.98 Å². The summed E-state index contributed by atoms with van der Waals surface area (Å²) in [6.07, 6.45) is -4.47. The average molecular weight is 310 g/mol. The third-order valence-electron chi connectivity index (χ3n) is 2.78. The van der Waals surface area contributed by atoms with Gasteiger partial charge in [0.1, 0.15) is 5.75 Å². The number of thiazole rings is 1. The molecular weight excluding hydrogens is 301 g/mol. The van der Waals surface area contributed by atoms with E-state index in [1.165, 1.54) is 18.2 Å². The highest BCUT2D eigenvalue weighted by Crippen LogP contribution is 2.39. The van der Waals surface area contributed by atoms with Gasteiger partial charge in [-0.2, -0.15) is 13.2 Å². The molecule has 1 aromatic heterocycles. The SMILES string of the molecule is Nc1ccc2nc(Oc3ccccc3C(F)(F)F)sc2c1. The van der Waals surface area contributed by atoms with E-state index < -0.39 is 11.7 Å². The molecule has 0 saturated heterocycles. The molecule has 0 aliphatic carbocycles. The van der Waals surface area contributed by atoms with Gasteiger partial charge in [-0.3, -0.25) is 0 Å². The molecular formula is C14H9F3N2OS. The van der Waals surface area contributed by atoms with E-state index in [0.29, 0.717) is 11.2 Å². The Balaban J connectivity index is 1.99. The van der Waals surface area contributed by atoms with Crippen molar-refractivity contribution in [2.75, 3.05) is 5.73 Å². The molecule has 2 N–H and O–H groups in total. The summed E-state index contributed by atoms with van der Waals surface area (Å²) in [5.74, 6) is -0.267. The Labute approximate surface area is 121 Å². The van der Waals surface area contributed by atoms with Gasteiger partial charge in [0.25, 0.3) is 5.19 Å². The second-order valence-corrected chi connectivity index (χ2v) is 5.30. The molecule has 0 aliphatic heterocycles. The minimum Gasteiger partial charge on any atom is -0.430 e. The Bertz CT molecular complexity index is 798. The largest absolute Gasteiger partial charge is 0.430 e. The van der Waals surface area contributed by atoms with Crippen LogP contribution in [-0.2, 0) is 6.18 Å². The zero-order valence-electron chi connectivity index (χ0n) is 10.5. The summed E-state index contributed by atoms with van der Waals surface area (Å²) in [5.41, 5.74) is 6.02. The predicted octanol–water partition coefficient (Wildman–Crippen LogP) is 4.69. The van der Waals surface area contributed by atoms with Crippen molar-refractivity contribution >= 4 is 27.2 Å². The maximum absolute atomic E-state index is 12.9. The number of benzene rings is 2. The van der Waals surface area contributed by atoms with Gasteiger partial charge in [-0.05, 0) is 30.3 Å². The van der Waals surface area contributed by atoms with Gasteiger partial charge < -0.3 is 10.5 Å². The van der Waals surface area contributed by atoms with Gasteiger partial charge in [0.2, 0.25) is 0 Å². The maximum atomic E-state index is 12.9. The van der Waals surface area contributed by atoms with Crippen LogP contribution in [0.5, 0.6) is 10.9 Å². The number of halogens is 3. The molecule has 7 heteroatoms. The number of alkyl halides is 3. The summed E-state index contributed by atoms with van der Waals surface area (Å²) in [4.78, 5) is 4.15. The minimum atomic E-state index is -4.47. The van der Waals surface area contributed by atoms with Crippen molar-refractivity contribution in [1.29, 1.82) is 0 Å². The van der Waals surface area contributed by atoms with Gasteiger partial charge in [0.15, 0.2) is 0 Å². The molecule has 0 saturated carbocycles. The van der Waals surface area contributed by atoms with Crippen LogP contribution in [0.2, 0.25) is 0 Å². The predicted molar refractivity (Wildman–Crippen MR) is 75.6 cm³/mol. The molecule has 3 nitrogen and oxygen atoms in total.